The number of carboxylic acids is 1. The van der Waals surface area contributed by atoms with E-state index in [0.29, 0.717) is 32.7 Å². The van der Waals surface area contributed by atoms with E-state index in [1.807, 2.05) is 23.8 Å². The molecular weight excluding hydrogens is 359 g/mol. The maximum Gasteiger partial charge on any atom is 0.490 e. The van der Waals surface area contributed by atoms with Crippen molar-refractivity contribution in [3.63, 3.8) is 0 Å². The Morgan fingerprint density at radius 3 is 2.19 bits per heavy atom. The number of carbonyl (C=O) groups is 3. The fraction of sp³-hybridized carbons (Fsp3) is 0.800. The summed E-state index contributed by atoms with van der Waals surface area (Å²) in [6, 6.07) is -0.226. The topological polar surface area (TPSA) is 99.2 Å². The molecule has 0 aromatic carbocycles. The van der Waals surface area contributed by atoms with E-state index in [9.17, 15) is 22.8 Å². The number of amides is 2. The zero-order chi connectivity index (χ0) is 20.1. The van der Waals surface area contributed by atoms with Gasteiger partial charge < -0.3 is 20.1 Å². The lowest BCUT2D eigenvalue weighted by molar-refractivity contribution is -0.201. The number of nitrogens with one attached hydrogen (secondary N) is 1. The summed E-state index contributed by atoms with van der Waals surface area (Å²) in [5.41, 5.74) is -0.261. The fourth-order valence-electron chi connectivity index (χ4n) is 2.82. The highest BCUT2D eigenvalue weighted by molar-refractivity contribution is 5.81. The predicted octanol–water partition coefficient (Wildman–Crippen LogP) is 0.0774. The van der Waals surface area contributed by atoms with Crippen LogP contribution in [0.1, 0.15) is 19.8 Å². The number of rotatable bonds is 3. The average molecular weight is 383 g/mol. The molecule has 0 bridgehead atoms. The maximum absolute atomic E-state index is 11.7. The number of alkyl halides is 3. The summed E-state index contributed by atoms with van der Waals surface area (Å²) >= 11 is 0. The van der Waals surface area contributed by atoms with Gasteiger partial charge in [-0.3, -0.25) is 14.5 Å². The van der Waals surface area contributed by atoms with Crippen molar-refractivity contribution in [2.45, 2.75) is 37.6 Å². The predicted molar refractivity (Wildman–Crippen MR) is 84.3 cm³/mol. The minimum Gasteiger partial charge on any atom is -0.475 e. The van der Waals surface area contributed by atoms with Crippen LogP contribution in [-0.2, 0) is 19.1 Å². The van der Waals surface area contributed by atoms with Gasteiger partial charge >= 0.3 is 12.1 Å². The smallest absolute Gasteiger partial charge is 0.475 e. The second-order valence-electron chi connectivity index (χ2n) is 6.34. The molecule has 2 fully saturated rings. The highest BCUT2D eigenvalue weighted by Gasteiger charge is 2.50. The molecule has 1 atom stereocenters. The molecule has 8 nitrogen and oxygen atoms in total. The number of carbonyl (C=O) groups excluding carboxylic acids is 2. The molecule has 2 rings (SSSR count). The number of halogens is 3. The first kappa shape index (κ1) is 22.2. The summed E-state index contributed by atoms with van der Waals surface area (Å²) in [4.78, 5) is 36.2. The molecule has 2 amide bonds. The molecule has 26 heavy (non-hydrogen) atoms. The van der Waals surface area contributed by atoms with Gasteiger partial charge in [0, 0.05) is 20.0 Å². The van der Waals surface area contributed by atoms with Gasteiger partial charge in [0.25, 0.3) is 0 Å². The molecule has 0 aromatic heterocycles. The van der Waals surface area contributed by atoms with E-state index in [1.54, 1.807) is 7.05 Å². The Morgan fingerprint density at radius 2 is 1.81 bits per heavy atom. The van der Waals surface area contributed by atoms with E-state index in [4.69, 9.17) is 14.6 Å². The van der Waals surface area contributed by atoms with Gasteiger partial charge in [0.2, 0.25) is 11.8 Å². The van der Waals surface area contributed by atoms with Crippen molar-refractivity contribution < 1.29 is 37.4 Å². The van der Waals surface area contributed by atoms with Gasteiger partial charge in [0.05, 0.1) is 19.7 Å². The van der Waals surface area contributed by atoms with Crippen molar-refractivity contribution in [2.24, 2.45) is 0 Å². The lowest BCUT2D eigenvalue weighted by Gasteiger charge is -2.54. The standard InChI is InChI=1S/C13H23N3O3.C2HF3O2/c1-4-5-11(17)16-8-13(9-16)7-15(3)10(6-19-13)12(18)14-2;3-2(4,5)1(6)7/h10H,4-9H2,1-3H3,(H,14,18);(H,6,7). The molecule has 2 N–H and O–H groups in total. The summed E-state index contributed by atoms with van der Waals surface area (Å²) < 4.78 is 37.6. The summed E-state index contributed by atoms with van der Waals surface area (Å²) in [5.74, 6) is -2.57. The van der Waals surface area contributed by atoms with Crippen LogP contribution in [0.15, 0.2) is 0 Å². The Labute approximate surface area is 149 Å². The molecule has 0 saturated carbocycles. The Morgan fingerprint density at radius 1 is 1.27 bits per heavy atom. The Balaban J connectivity index is 0.000000412. The first-order valence-electron chi connectivity index (χ1n) is 8.09. The van der Waals surface area contributed by atoms with Crippen LogP contribution in [0.5, 0.6) is 0 Å². The Hall–Kier alpha value is -1.88. The fourth-order valence-corrected chi connectivity index (χ4v) is 2.82. The molecule has 1 spiro atoms. The van der Waals surface area contributed by atoms with E-state index in [-0.39, 0.29) is 23.5 Å². The number of carboxylic acid groups (broad SMARTS) is 1. The van der Waals surface area contributed by atoms with Crippen molar-refractivity contribution >= 4 is 17.8 Å². The van der Waals surface area contributed by atoms with Crippen LogP contribution < -0.4 is 5.32 Å². The van der Waals surface area contributed by atoms with Gasteiger partial charge in [-0.25, -0.2) is 4.79 Å². The van der Waals surface area contributed by atoms with Gasteiger partial charge in [0.1, 0.15) is 11.6 Å². The molecule has 2 heterocycles. The highest BCUT2D eigenvalue weighted by atomic mass is 19.4. The number of ether oxygens (including phenoxy) is 1. The zero-order valence-electron chi connectivity index (χ0n) is 14.9. The van der Waals surface area contributed by atoms with Crippen molar-refractivity contribution in [1.29, 1.82) is 0 Å². The molecule has 0 aliphatic carbocycles. The third-order valence-corrected chi connectivity index (χ3v) is 4.18. The van der Waals surface area contributed by atoms with E-state index >= 15 is 0 Å². The van der Waals surface area contributed by atoms with Crippen LogP contribution >= 0.6 is 0 Å². The molecule has 0 aromatic rings. The largest absolute Gasteiger partial charge is 0.490 e. The van der Waals surface area contributed by atoms with Gasteiger partial charge in [-0.2, -0.15) is 13.2 Å². The number of morpholine rings is 1. The normalized spacial score (nSPS) is 22.1. The molecule has 2 aliphatic rings. The third-order valence-electron chi connectivity index (χ3n) is 4.18. The lowest BCUT2D eigenvalue weighted by Crippen LogP contribution is -2.73. The van der Waals surface area contributed by atoms with E-state index in [1.165, 1.54) is 0 Å². The quantitative estimate of drug-likeness (QED) is 0.716. The second kappa shape index (κ2) is 8.67. The molecule has 2 saturated heterocycles. The monoisotopic (exact) mass is 383 g/mol. The lowest BCUT2D eigenvalue weighted by atomic mass is 9.90. The first-order chi connectivity index (χ1) is 12.0. The molecular formula is C15H24F3N3O5. The minimum atomic E-state index is -5.08. The number of hydrogen-bond donors (Lipinski definition) is 2. The number of nitrogens with zero attached hydrogens (tertiary/aromatic N) is 2. The van der Waals surface area contributed by atoms with Crippen LogP contribution in [0, 0.1) is 0 Å². The molecule has 150 valence electrons. The summed E-state index contributed by atoms with van der Waals surface area (Å²) in [7, 11) is 3.57. The van der Waals surface area contributed by atoms with Crippen LogP contribution in [0.2, 0.25) is 0 Å². The number of aliphatic carboxylic acids is 1. The minimum absolute atomic E-state index is 0.0180. The first-order valence-corrected chi connectivity index (χ1v) is 8.09. The third kappa shape index (κ3) is 5.56. The number of likely N-dealkylation sites (tertiary alicyclic amines) is 1. The van der Waals surface area contributed by atoms with Crippen molar-refractivity contribution in [2.75, 3.05) is 40.3 Å². The summed E-state index contributed by atoms with van der Waals surface area (Å²) in [5, 5.41) is 9.77. The van der Waals surface area contributed by atoms with Gasteiger partial charge in [-0.15, -0.1) is 0 Å². The molecule has 0 radical (unpaired) electrons. The second-order valence-corrected chi connectivity index (χ2v) is 6.34. The van der Waals surface area contributed by atoms with Crippen LogP contribution in [-0.4, -0.2) is 90.8 Å². The van der Waals surface area contributed by atoms with E-state index in [0.717, 1.165) is 6.42 Å². The zero-order valence-corrected chi connectivity index (χ0v) is 14.9. The van der Waals surface area contributed by atoms with Crippen LogP contribution in [0.25, 0.3) is 0 Å². The van der Waals surface area contributed by atoms with E-state index < -0.39 is 12.1 Å². The van der Waals surface area contributed by atoms with Crippen LogP contribution in [0.4, 0.5) is 13.2 Å². The van der Waals surface area contributed by atoms with Crippen molar-refractivity contribution in [3.05, 3.63) is 0 Å². The Kier molecular flexibility index (Phi) is 7.39. The van der Waals surface area contributed by atoms with Gasteiger partial charge in [0.15, 0.2) is 0 Å². The SMILES string of the molecule is CCCC(=O)N1CC2(C1)CN(C)C(C(=O)NC)CO2.O=C(O)C(F)(F)F. The van der Waals surface area contributed by atoms with Crippen molar-refractivity contribution in [3.8, 4) is 0 Å². The van der Waals surface area contributed by atoms with Crippen molar-refractivity contribution in [1.82, 2.24) is 15.1 Å². The van der Waals surface area contributed by atoms with E-state index in [2.05, 4.69) is 5.32 Å². The number of likely N-dealkylation sites (N-methyl/N-ethyl adjacent to an activating group) is 2. The van der Waals surface area contributed by atoms with Gasteiger partial charge in [-0.05, 0) is 13.5 Å². The molecule has 11 heteroatoms. The van der Waals surface area contributed by atoms with Gasteiger partial charge in [-0.1, -0.05) is 6.92 Å². The Bertz CT molecular complexity index is 535. The molecule has 1 unspecified atom stereocenters. The molecule has 2 aliphatic heterocycles. The number of hydrogen-bond acceptors (Lipinski definition) is 5. The van der Waals surface area contributed by atoms with Crippen LogP contribution in [0.3, 0.4) is 0 Å². The maximum atomic E-state index is 11.7. The average Bonchev–Trinajstić information content (AvgIpc) is 2.51. The summed E-state index contributed by atoms with van der Waals surface area (Å²) in [6.07, 6.45) is -3.60. The summed E-state index contributed by atoms with van der Waals surface area (Å²) in [6.45, 7) is 4.40. The highest BCUT2D eigenvalue weighted by Crippen LogP contribution is 2.31.